The first-order chi connectivity index (χ1) is 9.52. The van der Waals surface area contributed by atoms with Crippen molar-refractivity contribution in [2.75, 3.05) is 11.9 Å². The molecule has 1 rings (SSSR count). The summed E-state index contributed by atoms with van der Waals surface area (Å²) in [6.45, 7) is 9.25. The van der Waals surface area contributed by atoms with Crippen LogP contribution < -0.4 is 10.2 Å². The number of carboxylic acids is 1. The molecule has 0 radical (unpaired) electrons. The van der Waals surface area contributed by atoms with Gasteiger partial charge in [-0.2, -0.15) is 0 Å². The van der Waals surface area contributed by atoms with E-state index in [-0.39, 0.29) is 0 Å². The first-order valence-electron chi connectivity index (χ1n) is 6.87. The predicted molar refractivity (Wildman–Crippen MR) is 83.7 cm³/mol. The molecule has 0 fully saturated rings. The fourth-order valence-corrected chi connectivity index (χ4v) is 2.13. The Morgan fingerprint density at radius 3 is 2.00 bits per heavy atom. The maximum Gasteiger partial charge on any atom is 0.326 e. The van der Waals surface area contributed by atoms with Crippen LogP contribution in [0.1, 0.15) is 31.9 Å². The zero-order valence-electron chi connectivity index (χ0n) is 13.5. The van der Waals surface area contributed by atoms with Gasteiger partial charge in [0.2, 0.25) is 0 Å². The average Bonchev–Trinajstić information content (AvgIpc) is 2.31. The number of nitrogens with zero attached hydrogens (tertiary/aromatic N) is 1. The third-order valence-electron chi connectivity index (χ3n) is 3.28. The van der Waals surface area contributed by atoms with Crippen molar-refractivity contribution in [3.05, 3.63) is 29.3 Å². The first kappa shape index (κ1) is 17.0. The molecule has 0 aliphatic heterocycles. The smallest absolute Gasteiger partial charge is 0.326 e. The van der Waals surface area contributed by atoms with Crippen LogP contribution in [0.25, 0.3) is 0 Å². The largest absolute Gasteiger partial charge is 0.480 e. The zero-order valence-corrected chi connectivity index (χ0v) is 13.5. The predicted octanol–water partition coefficient (Wildman–Crippen LogP) is 2.95. The molecular formula is C16H24N2O3. The van der Waals surface area contributed by atoms with Gasteiger partial charge in [0.25, 0.3) is 0 Å². The fraction of sp³-hybridized carbons (Fsp3) is 0.500. The quantitative estimate of drug-likeness (QED) is 0.900. The van der Waals surface area contributed by atoms with Gasteiger partial charge in [-0.3, -0.25) is 4.90 Å². The van der Waals surface area contributed by atoms with E-state index in [0.29, 0.717) is 0 Å². The summed E-state index contributed by atoms with van der Waals surface area (Å²) in [4.78, 5) is 25.0. The van der Waals surface area contributed by atoms with Gasteiger partial charge < -0.3 is 10.4 Å². The van der Waals surface area contributed by atoms with Crippen LogP contribution in [0.4, 0.5) is 10.5 Å². The lowest BCUT2D eigenvalue weighted by molar-refractivity contribution is -0.141. The second-order valence-corrected chi connectivity index (χ2v) is 6.49. The summed E-state index contributed by atoms with van der Waals surface area (Å²) in [5, 5.41) is 11.8. The molecule has 0 saturated heterocycles. The van der Waals surface area contributed by atoms with E-state index < -0.39 is 23.5 Å². The summed E-state index contributed by atoms with van der Waals surface area (Å²) in [6.07, 6.45) is 0. The van der Waals surface area contributed by atoms with Crippen LogP contribution in [0, 0.1) is 19.3 Å². The van der Waals surface area contributed by atoms with Crippen LogP contribution >= 0.6 is 0 Å². The fourth-order valence-electron chi connectivity index (χ4n) is 2.13. The highest BCUT2D eigenvalue weighted by molar-refractivity contribution is 5.94. The lowest BCUT2D eigenvalue weighted by Crippen LogP contribution is -2.52. The minimum Gasteiger partial charge on any atom is -0.480 e. The summed E-state index contributed by atoms with van der Waals surface area (Å²) in [5.41, 5.74) is 2.28. The number of carbonyl (C=O) groups excluding carboxylic acids is 1. The van der Waals surface area contributed by atoms with E-state index >= 15 is 0 Å². The van der Waals surface area contributed by atoms with Crippen molar-refractivity contribution in [2.24, 2.45) is 5.41 Å². The van der Waals surface area contributed by atoms with Crippen LogP contribution in [-0.2, 0) is 4.79 Å². The molecule has 0 spiro atoms. The van der Waals surface area contributed by atoms with Gasteiger partial charge >= 0.3 is 12.0 Å². The Morgan fingerprint density at radius 2 is 1.62 bits per heavy atom. The molecule has 1 unspecified atom stereocenters. The lowest BCUT2D eigenvalue weighted by Gasteiger charge is -2.30. The SMILES string of the molecule is Cc1cc(C)cc(N(C)C(=O)NC(C(=O)O)C(C)(C)C)c1. The topological polar surface area (TPSA) is 69.6 Å². The second kappa shape index (κ2) is 6.16. The summed E-state index contributed by atoms with van der Waals surface area (Å²) in [5.74, 6) is -1.04. The standard InChI is InChI=1S/C16H24N2O3/c1-10-7-11(2)9-12(8-10)18(6)15(21)17-13(14(19)20)16(3,4)5/h7-9,13H,1-6H3,(H,17,21)(H,19,20). The van der Waals surface area contributed by atoms with E-state index in [1.165, 1.54) is 4.90 Å². The third-order valence-corrected chi connectivity index (χ3v) is 3.28. The number of nitrogens with one attached hydrogen (secondary N) is 1. The van der Waals surface area contributed by atoms with E-state index in [9.17, 15) is 14.7 Å². The van der Waals surface area contributed by atoms with Gasteiger partial charge in [0.05, 0.1) is 0 Å². The number of carboxylic acid groups (broad SMARTS) is 1. The zero-order chi connectivity index (χ0) is 16.4. The first-order valence-corrected chi connectivity index (χ1v) is 6.87. The minimum absolute atomic E-state index is 0.428. The monoisotopic (exact) mass is 292 g/mol. The van der Waals surface area contributed by atoms with Crippen LogP contribution in [0.15, 0.2) is 18.2 Å². The van der Waals surface area contributed by atoms with Crippen molar-refractivity contribution < 1.29 is 14.7 Å². The Kier molecular flexibility index (Phi) is 4.99. The average molecular weight is 292 g/mol. The molecule has 0 aliphatic rings. The van der Waals surface area contributed by atoms with Crippen LogP contribution in [0.3, 0.4) is 0 Å². The van der Waals surface area contributed by atoms with Gasteiger partial charge in [0, 0.05) is 12.7 Å². The number of urea groups is 1. The normalized spacial score (nSPS) is 12.7. The molecule has 0 bridgehead atoms. The summed E-state index contributed by atoms with van der Waals surface area (Å²) >= 11 is 0. The van der Waals surface area contributed by atoms with Gasteiger partial charge in [-0.05, 0) is 42.5 Å². The highest BCUT2D eigenvalue weighted by atomic mass is 16.4. The Morgan fingerprint density at radius 1 is 1.14 bits per heavy atom. The molecule has 2 N–H and O–H groups in total. The molecular weight excluding hydrogens is 268 g/mol. The van der Waals surface area contributed by atoms with Crippen molar-refractivity contribution in [1.82, 2.24) is 5.32 Å². The van der Waals surface area contributed by atoms with Crippen LogP contribution in [0.2, 0.25) is 0 Å². The Balaban J connectivity index is 2.94. The number of rotatable bonds is 3. The van der Waals surface area contributed by atoms with E-state index in [1.807, 2.05) is 32.0 Å². The number of aliphatic carboxylic acids is 1. The third kappa shape index (κ3) is 4.48. The molecule has 0 heterocycles. The molecule has 5 nitrogen and oxygen atoms in total. The summed E-state index contributed by atoms with van der Waals surface area (Å²) in [7, 11) is 1.63. The van der Waals surface area contributed by atoms with E-state index in [0.717, 1.165) is 16.8 Å². The van der Waals surface area contributed by atoms with Gasteiger partial charge in [-0.15, -0.1) is 0 Å². The lowest BCUT2D eigenvalue weighted by atomic mass is 9.87. The number of anilines is 1. The molecule has 0 aliphatic carbocycles. The van der Waals surface area contributed by atoms with E-state index in [4.69, 9.17) is 0 Å². The van der Waals surface area contributed by atoms with Crippen LogP contribution in [0.5, 0.6) is 0 Å². The van der Waals surface area contributed by atoms with Gasteiger partial charge in [-0.25, -0.2) is 9.59 Å². The Labute approximate surface area is 126 Å². The van der Waals surface area contributed by atoms with Gasteiger partial charge in [0.1, 0.15) is 6.04 Å². The number of benzene rings is 1. The molecule has 1 aromatic rings. The molecule has 0 saturated carbocycles. The maximum atomic E-state index is 12.3. The molecule has 2 amide bonds. The van der Waals surface area contributed by atoms with Crippen molar-refractivity contribution in [3.63, 3.8) is 0 Å². The number of aryl methyl sites for hydroxylation is 2. The molecule has 21 heavy (non-hydrogen) atoms. The second-order valence-electron chi connectivity index (χ2n) is 6.49. The summed E-state index contributed by atoms with van der Waals surface area (Å²) < 4.78 is 0. The Hall–Kier alpha value is -2.04. The highest BCUT2D eigenvalue weighted by Gasteiger charge is 2.33. The van der Waals surface area contributed by atoms with Crippen molar-refractivity contribution in [2.45, 2.75) is 40.7 Å². The summed E-state index contributed by atoms with van der Waals surface area (Å²) in [6, 6.07) is 4.42. The minimum atomic E-state index is -1.04. The molecule has 0 aromatic heterocycles. The van der Waals surface area contributed by atoms with E-state index in [1.54, 1.807) is 27.8 Å². The van der Waals surface area contributed by atoms with E-state index in [2.05, 4.69) is 5.32 Å². The number of hydrogen-bond donors (Lipinski definition) is 2. The molecule has 116 valence electrons. The number of amides is 2. The molecule has 1 aromatic carbocycles. The van der Waals surface area contributed by atoms with Crippen molar-refractivity contribution in [1.29, 1.82) is 0 Å². The number of carbonyl (C=O) groups is 2. The number of hydrogen-bond acceptors (Lipinski definition) is 2. The highest BCUT2D eigenvalue weighted by Crippen LogP contribution is 2.21. The van der Waals surface area contributed by atoms with Gasteiger partial charge in [-0.1, -0.05) is 26.8 Å². The van der Waals surface area contributed by atoms with Crippen molar-refractivity contribution in [3.8, 4) is 0 Å². The Bertz CT molecular complexity index is 527. The maximum absolute atomic E-state index is 12.3. The van der Waals surface area contributed by atoms with Crippen LogP contribution in [-0.4, -0.2) is 30.2 Å². The molecule has 5 heteroatoms. The van der Waals surface area contributed by atoms with Gasteiger partial charge in [0.15, 0.2) is 0 Å². The van der Waals surface area contributed by atoms with Crippen molar-refractivity contribution >= 4 is 17.7 Å². The molecule has 1 atom stereocenters.